The van der Waals surface area contributed by atoms with E-state index in [0.717, 1.165) is 6.42 Å². The van der Waals surface area contributed by atoms with Gasteiger partial charge in [0, 0.05) is 21.1 Å². The van der Waals surface area contributed by atoms with Gasteiger partial charge >= 0.3 is 0 Å². The van der Waals surface area contributed by atoms with Crippen LogP contribution in [-0.2, 0) is 21.1 Å². The molecule has 0 aromatic carbocycles. The Bertz CT molecular complexity index is 161. The largest absolute Gasteiger partial charge is 0.0916 e. The summed E-state index contributed by atoms with van der Waals surface area (Å²) in [5.74, 6) is 0. The van der Waals surface area contributed by atoms with Crippen molar-refractivity contribution < 1.29 is 21.1 Å². The Kier molecular flexibility index (Phi) is 7.05. The number of allylic oxidation sites excluding steroid dienone is 4. The summed E-state index contributed by atoms with van der Waals surface area (Å²) in [7, 11) is 0. The first kappa shape index (κ1) is 12.6. The van der Waals surface area contributed by atoms with E-state index in [1.54, 1.807) is 0 Å². The summed E-state index contributed by atoms with van der Waals surface area (Å²) in [6.07, 6.45) is 12.6. The number of hydrogen-bond donors (Lipinski definition) is 0. The van der Waals surface area contributed by atoms with Crippen molar-refractivity contribution in [2.24, 2.45) is 0 Å². The van der Waals surface area contributed by atoms with Crippen molar-refractivity contribution in [3.8, 4) is 0 Å². The quantitative estimate of drug-likeness (QED) is 0.242. The minimum atomic E-state index is 0. The summed E-state index contributed by atoms with van der Waals surface area (Å²) in [5, 5.41) is 0. The molecule has 0 saturated heterocycles. The number of hydrogen-bond acceptors (Lipinski definition) is 0. The van der Waals surface area contributed by atoms with Gasteiger partial charge in [0.05, 0.1) is 1.43 Å². The molecule has 0 nitrogen and oxygen atoms in total. The predicted octanol–water partition coefficient (Wildman–Crippen LogP) is 3.85. The van der Waals surface area contributed by atoms with Gasteiger partial charge in [-0.05, 0) is 19.3 Å². The molecule has 1 aliphatic rings. The number of alkyl halides is 2. The molecule has 0 heterocycles. The van der Waals surface area contributed by atoms with E-state index in [1.807, 2.05) is 0 Å². The minimum absolute atomic E-state index is 0. The SMILES string of the molecule is IC1(I)C=CCC=CCC1.[Pt]. The van der Waals surface area contributed by atoms with Crippen LogP contribution < -0.4 is 0 Å². The van der Waals surface area contributed by atoms with Crippen LogP contribution in [0.3, 0.4) is 0 Å². The van der Waals surface area contributed by atoms with Gasteiger partial charge in [-0.25, -0.2) is 0 Å². The molecule has 0 atom stereocenters. The zero-order chi connectivity index (χ0) is 7.45. The molecule has 11 heavy (non-hydrogen) atoms. The van der Waals surface area contributed by atoms with Crippen LogP contribution in [0.2, 0.25) is 0 Å². The van der Waals surface area contributed by atoms with E-state index < -0.39 is 0 Å². The molecule has 0 N–H and O–H groups in total. The number of halogens is 2. The van der Waals surface area contributed by atoms with E-state index in [0.29, 0.717) is 1.43 Å². The molecular formula is C8H10I2Pt. The average Bonchev–Trinajstić information content (AvgIpc) is 1.81. The van der Waals surface area contributed by atoms with Gasteiger partial charge in [-0.15, -0.1) is 0 Å². The molecule has 66 valence electrons. The molecule has 0 spiro atoms. The fraction of sp³-hybridized carbons (Fsp3) is 0.500. The molecule has 1 rings (SSSR count). The Morgan fingerprint density at radius 1 is 1.09 bits per heavy atom. The second-order valence-corrected chi connectivity index (χ2v) is 8.32. The van der Waals surface area contributed by atoms with Gasteiger partial charge in [0.1, 0.15) is 0 Å². The Morgan fingerprint density at radius 3 is 2.55 bits per heavy atom. The molecule has 0 bridgehead atoms. The van der Waals surface area contributed by atoms with Crippen LogP contribution in [0.1, 0.15) is 19.3 Å². The first-order valence-corrected chi connectivity index (χ1v) is 5.57. The minimum Gasteiger partial charge on any atom is -0.0881 e. The van der Waals surface area contributed by atoms with Crippen molar-refractivity contribution in [3.05, 3.63) is 24.3 Å². The molecule has 1 aliphatic carbocycles. The topological polar surface area (TPSA) is 0 Å². The molecule has 0 saturated carbocycles. The summed E-state index contributed by atoms with van der Waals surface area (Å²) in [6, 6.07) is 0. The van der Waals surface area contributed by atoms with E-state index >= 15 is 0 Å². The van der Waals surface area contributed by atoms with E-state index in [1.165, 1.54) is 12.8 Å². The molecule has 3 heteroatoms. The predicted molar refractivity (Wildman–Crippen MR) is 62.9 cm³/mol. The molecule has 0 aromatic rings. The fourth-order valence-corrected chi connectivity index (χ4v) is 2.02. The van der Waals surface area contributed by atoms with Crippen molar-refractivity contribution >= 4 is 45.2 Å². The van der Waals surface area contributed by atoms with E-state index in [-0.39, 0.29) is 21.1 Å². The first-order valence-electron chi connectivity index (χ1n) is 3.41. The Balaban J connectivity index is 0.000001000. The van der Waals surface area contributed by atoms with Gasteiger partial charge < -0.3 is 0 Å². The monoisotopic (exact) mass is 555 g/mol. The van der Waals surface area contributed by atoms with E-state index in [9.17, 15) is 0 Å². The van der Waals surface area contributed by atoms with Crippen molar-refractivity contribution in [1.82, 2.24) is 0 Å². The first-order chi connectivity index (χ1) is 4.71. The molecule has 0 radical (unpaired) electrons. The third-order valence-electron chi connectivity index (χ3n) is 1.44. The van der Waals surface area contributed by atoms with Crippen molar-refractivity contribution in [2.45, 2.75) is 20.7 Å². The third kappa shape index (κ3) is 5.80. The summed E-state index contributed by atoms with van der Waals surface area (Å²) < 4.78 is 0.361. The standard InChI is InChI=1S/C8H10I2.Pt/c9-8(10)6-4-2-1-3-5-7-8;/h1-2,5,7H,3-4,6H2;. The summed E-state index contributed by atoms with van der Waals surface area (Å²) >= 11 is 5.00. The molecule has 0 amide bonds. The maximum atomic E-state index is 2.50. The van der Waals surface area contributed by atoms with E-state index in [4.69, 9.17) is 0 Å². The Labute approximate surface area is 110 Å². The van der Waals surface area contributed by atoms with Gasteiger partial charge in [-0.1, -0.05) is 69.5 Å². The van der Waals surface area contributed by atoms with Crippen molar-refractivity contribution in [1.29, 1.82) is 0 Å². The van der Waals surface area contributed by atoms with Crippen LogP contribution in [-0.4, -0.2) is 1.43 Å². The molecule has 0 unspecified atom stereocenters. The smallest absolute Gasteiger partial charge is 0.0881 e. The second-order valence-electron chi connectivity index (χ2n) is 2.41. The summed E-state index contributed by atoms with van der Waals surface area (Å²) in [4.78, 5) is 0. The summed E-state index contributed by atoms with van der Waals surface area (Å²) in [5.41, 5.74) is 0. The van der Waals surface area contributed by atoms with Crippen LogP contribution in [0.25, 0.3) is 0 Å². The molecule has 0 aliphatic heterocycles. The van der Waals surface area contributed by atoms with Gasteiger partial charge in [0.2, 0.25) is 0 Å². The van der Waals surface area contributed by atoms with Crippen LogP contribution in [0.4, 0.5) is 0 Å². The maximum absolute atomic E-state index is 2.50. The number of rotatable bonds is 0. The van der Waals surface area contributed by atoms with Crippen LogP contribution in [0.5, 0.6) is 0 Å². The van der Waals surface area contributed by atoms with Crippen LogP contribution in [0.15, 0.2) is 24.3 Å². The van der Waals surface area contributed by atoms with Crippen molar-refractivity contribution in [2.75, 3.05) is 0 Å². The van der Waals surface area contributed by atoms with Gasteiger partial charge in [-0.3, -0.25) is 0 Å². The Hall–Kier alpha value is 1.63. The van der Waals surface area contributed by atoms with Crippen LogP contribution in [0, 0.1) is 0 Å². The van der Waals surface area contributed by atoms with Crippen molar-refractivity contribution in [3.63, 3.8) is 0 Å². The fourth-order valence-electron chi connectivity index (χ4n) is 0.892. The Morgan fingerprint density at radius 2 is 1.82 bits per heavy atom. The van der Waals surface area contributed by atoms with Gasteiger partial charge in [0.25, 0.3) is 0 Å². The van der Waals surface area contributed by atoms with E-state index in [2.05, 4.69) is 69.5 Å². The third-order valence-corrected chi connectivity index (χ3v) is 3.24. The second kappa shape index (κ2) is 6.14. The average molecular weight is 555 g/mol. The molecule has 0 aromatic heterocycles. The maximum Gasteiger partial charge on any atom is 0.0916 e. The molecular weight excluding hydrogens is 545 g/mol. The van der Waals surface area contributed by atoms with Gasteiger partial charge in [0.15, 0.2) is 0 Å². The summed E-state index contributed by atoms with van der Waals surface area (Å²) in [6.45, 7) is 0. The zero-order valence-corrected chi connectivity index (χ0v) is 12.6. The zero-order valence-electron chi connectivity index (χ0n) is 6.00. The van der Waals surface area contributed by atoms with Crippen LogP contribution >= 0.6 is 45.2 Å². The normalized spacial score (nSPS) is 21.6. The van der Waals surface area contributed by atoms with Gasteiger partial charge in [-0.2, -0.15) is 0 Å². The molecule has 0 fully saturated rings.